The van der Waals surface area contributed by atoms with E-state index in [1.54, 1.807) is 0 Å². The van der Waals surface area contributed by atoms with Gasteiger partial charge in [-0.3, -0.25) is 4.90 Å². The molecule has 32 heavy (non-hydrogen) atoms. The molecule has 168 valence electrons. The molecular formula is C23H21ClF3N3O2. The van der Waals surface area contributed by atoms with E-state index in [-0.39, 0.29) is 35.0 Å². The first-order valence-electron chi connectivity index (χ1n) is 10.5. The highest BCUT2D eigenvalue weighted by Crippen LogP contribution is 2.41. The Morgan fingerprint density at radius 3 is 2.78 bits per heavy atom. The summed E-state index contributed by atoms with van der Waals surface area (Å²) in [7, 11) is 0. The first-order valence-corrected chi connectivity index (χ1v) is 10.9. The Hall–Kier alpha value is -2.58. The number of fused-ring (bicyclic) bond motifs is 2. The van der Waals surface area contributed by atoms with Crippen molar-refractivity contribution in [3.63, 3.8) is 0 Å². The van der Waals surface area contributed by atoms with Crippen LogP contribution in [0.2, 0.25) is 5.15 Å². The number of hydrogen-bond donors (Lipinski definition) is 0. The minimum Gasteiger partial charge on any atom is -0.485 e. The summed E-state index contributed by atoms with van der Waals surface area (Å²) in [5.41, 5.74) is 0.115. The van der Waals surface area contributed by atoms with E-state index in [9.17, 15) is 8.78 Å². The molecule has 2 unspecified atom stereocenters. The molecule has 4 heterocycles. The van der Waals surface area contributed by atoms with Gasteiger partial charge in [-0.05, 0) is 24.9 Å². The van der Waals surface area contributed by atoms with E-state index in [0.717, 1.165) is 24.9 Å². The third-order valence-corrected chi connectivity index (χ3v) is 6.52. The maximum atomic E-state index is 15.4. The Balaban J connectivity index is 1.49. The van der Waals surface area contributed by atoms with Crippen LogP contribution in [0.15, 0.2) is 36.5 Å². The van der Waals surface area contributed by atoms with Crippen molar-refractivity contribution in [3.8, 4) is 11.6 Å². The molecule has 0 amide bonds. The number of pyridine rings is 2. The quantitative estimate of drug-likeness (QED) is 0.476. The van der Waals surface area contributed by atoms with Crippen molar-refractivity contribution in [3.05, 3.63) is 58.9 Å². The molecule has 0 radical (unpaired) electrons. The number of benzene rings is 1. The Morgan fingerprint density at radius 1 is 1.16 bits per heavy atom. The summed E-state index contributed by atoms with van der Waals surface area (Å²) < 4.78 is 55.7. The second-order valence-corrected chi connectivity index (χ2v) is 8.68. The van der Waals surface area contributed by atoms with Crippen LogP contribution in [-0.4, -0.2) is 46.3 Å². The summed E-state index contributed by atoms with van der Waals surface area (Å²) in [5.74, 6) is -2.35. The molecule has 2 saturated heterocycles. The zero-order valence-electron chi connectivity index (χ0n) is 17.2. The topological polar surface area (TPSA) is 47.5 Å². The second kappa shape index (κ2) is 8.41. The largest absolute Gasteiger partial charge is 0.485 e. The number of hydrogen-bond acceptors (Lipinski definition) is 5. The molecule has 0 N–H and O–H groups in total. The van der Waals surface area contributed by atoms with Gasteiger partial charge in [0.1, 0.15) is 24.9 Å². The fraction of sp³-hybridized carbons (Fsp3) is 0.391. The smallest absolute Gasteiger partial charge is 0.255 e. The van der Waals surface area contributed by atoms with Crippen molar-refractivity contribution >= 4 is 22.5 Å². The van der Waals surface area contributed by atoms with E-state index in [0.29, 0.717) is 13.0 Å². The number of rotatable bonds is 6. The highest BCUT2D eigenvalue weighted by atomic mass is 35.5. The summed E-state index contributed by atoms with van der Waals surface area (Å²) in [4.78, 5) is 9.87. The van der Waals surface area contributed by atoms with Crippen molar-refractivity contribution in [1.82, 2.24) is 14.9 Å². The van der Waals surface area contributed by atoms with E-state index in [1.807, 2.05) is 35.2 Å². The number of aromatic nitrogens is 2. The van der Waals surface area contributed by atoms with Crippen molar-refractivity contribution in [1.29, 1.82) is 0 Å². The summed E-state index contributed by atoms with van der Waals surface area (Å²) in [5, 5.41) is -0.328. The van der Waals surface area contributed by atoms with Gasteiger partial charge < -0.3 is 9.47 Å². The lowest BCUT2D eigenvalue weighted by atomic mass is 9.95. The van der Waals surface area contributed by atoms with Gasteiger partial charge in [0.25, 0.3) is 5.88 Å². The van der Waals surface area contributed by atoms with Crippen molar-refractivity contribution < 1.29 is 22.6 Å². The van der Waals surface area contributed by atoms with E-state index < -0.39 is 29.2 Å². The Kier molecular flexibility index (Phi) is 5.59. The van der Waals surface area contributed by atoms with Crippen molar-refractivity contribution in [2.75, 3.05) is 19.7 Å². The molecule has 2 aliphatic heterocycles. The highest BCUT2D eigenvalue weighted by molar-refractivity contribution is 6.30. The third-order valence-electron chi connectivity index (χ3n) is 6.26. The fourth-order valence-corrected chi connectivity index (χ4v) is 4.85. The lowest BCUT2D eigenvalue weighted by Gasteiger charge is -2.31. The molecule has 9 heteroatoms. The molecule has 0 saturated carbocycles. The third kappa shape index (κ3) is 3.75. The predicted molar refractivity (Wildman–Crippen MR) is 114 cm³/mol. The molecule has 0 aliphatic carbocycles. The molecule has 0 bridgehead atoms. The maximum absolute atomic E-state index is 15.4. The van der Waals surface area contributed by atoms with Crippen LogP contribution in [-0.2, 0) is 6.61 Å². The van der Waals surface area contributed by atoms with E-state index >= 15 is 4.39 Å². The van der Waals surface area contributed by atoms with Crippen molar-refractivity contribution in [2.24, 2.45) is 0 Å². The number of alkyl halides is 1. The van der Waals surface area contributed by atoms with Crippen LogP contribution >= 0.6 is 11.6 Å². The molecular weight excluding hydrogens is 443 g/mol. The Bertz CT molecular complexity index is 1150. The predicted octanol–water partition coefficient (Wildman–Crippen LogP) is 5.10. The van der Waals surface area contributed by atoms with Gasteiger partial charge in [-0.25, -0.2) is 18.7 Å². The van der Waals surface area contributed by atoms with Crippen LogP contribution in [0.3, 0.4) is 0 Å². The van der Waals surface area contributed by atoms with Crippen LogP contribution in [0.4, 0.5) is 13.2 Å². The Morgan fingerprint density at radius 2 is 1.97 bits per heavy atom. The second-order valence-electron chi connectivity index (χ2n) is 8.32. The van der Waals surface area contributed by atoms with Gasteiger partial charge in [-0.15, -0.1) is 0 Å². The van der Waals surface area contributed by atoms with E-state index in [1.165, 1.54) is 6.20 Å². The lowest BCUT2D eigenvalue weighted by Crippen LogP contribution is -2.43. The molecule has 1 aromatic carbocycles. The van der Waals surface area contributed by atoms with Crippen molar-refractivity contribution in [2.45, 2.75) is 37.6 Å². The van der Waals surface area contributed by atoms with E-state index in [4.69, 9.17) is 21.1 Å². The average Bonchev–Trinajstić information content (AvgIpc) is 3.31. The standard InChI is InChI=1S/C23H21ClF3N3O2/c24-21-17(26)19-16(10-28-21)20(31-12-14-5-2-1-3-6-14)18(27)22(29-19)32-13-23-7-4-8-30(23)11-15(25)9-23/h1-3,5-6,10,15H,4,7-9,11-13H2. The molecule has 3 aromatic rings. The van der Waals surface area contributed by atoms with Gasteiger partial charge in [0, 0.05) is 19.2 Å². The van der Waals surface area contributed by atoms with Gasteiger partial charge in [0.2, 0.25) is 5.82 Å². The lowest BCUT2D eigenvalue weighted by molar-refractivity contribution is 0.107. The molecule has 0 spiro atoms. The molecule has 2 atom stereocenters. The highest BCUT2D eigenvalue weighted by Gasteiger charge is 2.49. The minimum atomic E-state index is -0.944. The summed E-state index contributed by atoms with van der Waals surface area (Å²) in [6.07, 6.45) is 2.28. The molecule has 5 rings (SSSR count). The zero-order chi connectivity index (χ0) is 22.3. The number of halogens is 4. The number of ether oxygens (including phenoxy) is 2. The maximum Gasteiger partial charge on any atom is 0.255 e. The Labute approximate surface area is 188 Å². The van der Waals surface area contributed by atoms with Gasteiger partial charge in [0.05, 0.1) is 10.9 Å². The molecule has 2 aliphatic rings. The average molecular weight is 464 g/mol. The fourth-order valence-electron chi connectivity index (χ4n) is 4.71. The van der Waals surface area contributed by atoms with Crippen LogP contribution in [0.5, 0.6) is 11.6 Å². The molecule has 5 nitrogen and oxygen atoms in total. The van der Waals surface area contributed by atoms with Gasteiger partial charge in [0.15, 0.2) is 16.7 Å². The minimum absolute atomic E-state index is 0.0537. The van der Waals surface area contributed by atoms with E-state index in [2.05, 4.69) is 9.97 Å². The SMILES string of the molecule is Fc1c(OCC23CCCN2CC(F)C3)nc2c(F)c(Cl)ncc2c1OCc1ccccc1. The normalized spacial score (nSPS) is 22.9. The van der Waals surface area contributed by atoms with Gasteiger partial charge >= 0.3 is 0 Å². The monoisotopic (exact) mass is 463 g/mol. The first-order chi connectivity index (χ1) is 15.5. The zero-order valence-corrected chi connectivity index (χ0v) is 17.9. The summed E-state index contributed by atoms with van der Waals surface area (Å²) in [6, 6.07) is 9.19. The van der Waals surface area contributed by atoms with Crippen LogP contribution in [0.25, 0.3) is 10.9 Å². The number of nitrogens with zero attached hydrogens (tertiary/aromatic N) is 3. The molecule has 2 fully saturated rings. The van der Waals surface area contributed by atoms with Crippen LogP contribution in [0, 0.1) is 11.6 Å². The summed E-state index contributed by atoms with van der Waals surface area (Å²) in [6.45, 7) is 1.24. The first kappa shape index (κ1) is 21.3. The van der Waals surface area contributed by atoms with Crippen LogP contribution in [0.1, 0.15) is 24.8 Å². The molecule has 2 aromatic heterocycles. The van der Waals surface area contributed by atoms with Gasteiger partial charge in [-0.2, -0.15) is 4.39 Å². The van der Waals surface area contributed by atoms with Gasteiger partial charge in [-0.1, -0.05) is 41.9 Å². The van der Waals surface area contributed by atoms with Crippen LogP contribution < -0.4 is 9.47 Å². The summed E-state index contributed by atoms with van der Waals surface area (Å²) >= 11 is 5.82.